The number of ketones is 1. The summed E-state index contributed by atoms with van der Waals surface area (Å²) in [7, 11) is 0. The zero-order valence-corrected chi connectivity index (χ0v) is 11.7. The number of carbonyl (C=O) groups excluding carboxylic acids is 1. The zero-order valence-electron chi connectivity index (χ0n) is 11.0. The van der Waals surface area contributed by atoms with E-state index in [-0.39, 0.29) is 16.6 Å². The molecule has 1 aliphatic carbocycles. The molecule has 0 unspecified atom stereocenters. The molecule has 0 amide bonds. The Balaban J connectivity index is 1.88. The Labute approximate surface area is 126 Å². The van der Waals surface area contributed by atoms with Crippen LogP contribution in [0.5, 0.6) is 0 Å². The van der Waals surface area contributed by atoms with Crippen LogP contribution in [0.15, 0.2) is 54.6 Å². The first-order valence-corrected chi connectivity index (χ1v) is 6.95. The number of halogens is 1. The van der Waals surface area contributed by atoms with Gasteiger partial charge in [-0.05, 0) is 29.8 Å². The van der Waals surface area contributed by atoms with Gasteiger partial charge >= 0.3 is 0 Å². The first-order valence-electron chi connectivity index (χ1n) is 6.58. The van der Waals surface area contributed by atoms with E-state index in [9.17, 15) is 14.9 Å². The van der Waals surface area contributed by atoms with E-state index in [1.807, 2.05) is 30.3 Å². The topological polar surface area (TPSA) is 60.2 Å². The minimum Gasteiger partial charge on any atom is -0.294 e. The van der Waals surface area contributed by atoms with Crippen LogP contribution in [0.4, 0.5) is 0 Å². The van der Waals surface area contributed by atoms with Crippen LogP contribution in [-0.2, 0) is 0 Å². The molecule has 0 aliphatic heterocycles. The minimum atomic E-state index is -0.837. The molecule has 0 heterocycles. The maximum Gasteiger partial charge on any atom is 0.231 e. The molecule has 1 fully saturated rings. The van der Waals surface area contributed by atoms with E-state index in [2.05, 4.69) is 0 Å². The summed E-state index contributed by atoms with van der Waals surface area (Å²) in [5, 5.41) is 11.7. The molecule has 0 spiro atoms. The molecule has 3 atom stereocenters. The highest BCUT2D eigenvalue weighted by molar-refractivity contribution is 6.30. The summed E-state index contributed by atoms with van der Waals surface area (Å²) in [6.45, 7) is 0. The third-order valence-corrected chi connectivity index (χ3v) is 4.09. The van der Waals surface area contributed by atoms with E-state index < -0.39 is 12.0 Å². The smallest absolute Gasteiger partial charge is 0.231 e. The largest absolute Gasteiger partial charge is 0.294 e. The lowest BCUT2D eigenvalue weighted by Gasteiger charge is -1.99. The number of nitrogens with zero attached hydrogens (tertiary/aromatic N) is 1. The maximum absolute atomic E-state index is 12.5. The molecule has 2 aromatic rings. The third kappa shape index (κ3) is 2.54. The molecular weight excluding hydrogens is 290 g/mol. The van der Waals surface area contributed by atoms with Crippen molar-refractivity contribution in [1.82, 2.24) is 0 Å². The van der Waals surface area contributed by atoms with Crippen LogP contribution in [0.25, 0.3) is 0 Å². The van der Waals surface area contributed by atoms with E-state index in [1.165, 1.54) is 0 Å². The maximum atomic E-state index is 12.5. The molecule has 3 rings (SSSR count). The summed E-state index contributed by atoms with van der Waals surface area (Å²) in [6.07, 6.45) is 0. The highest BCUT2D eigenvalue weighted by Gasteiger charge is 2.64. The molecule has 5 heteroatoms. The van der Waals surface area contributed by atoms with Crippen molar-refractivity contribution in [2.45, 2.75) is 12.0 Å². The Morgan fingerprint density at radius 2 is 1.67 bits per heavy atom. The van der Waals surface area contributed by atoms with Gasteiger partial charge in [0.1, 0.15) is 5.92 Å². The molecule has 1 aliphatic rings. The molecule has 1 saturated carbocycles. The number of Topliss-reactive ketones (excluding diaryl/α,β-unsaturated/α-hetero) is 1. The van der Waals surface area contributed by atoms with Crippen molar-refractivity contribution in [3.05, 3.63) is 80.9 Å². The zero-order chi connectivity index (χ0) is 15.0. The van der Waals surface area contributed by atoms with Crippen molar-refractivity contribution in [3.8, 4) is 0 Å². The van der Waals surface area contributed by atoms with Crippen LogP contribution in [0.3, 0.4) is 0 Å². The van der Waals surface area contributed by atoms with Crippen molar-refractivity contribution in [2.75, 3.05) is 0 Å². The first-order chi connectivity index (χ1) is 10.1. The molecule has 0 saturated heterocycles. The summed E-state index contributed by atoms with van der Waals surface area (Å²) in [5.74, 6) is -1.13. The molecule has 0 bridgehead atoms. The van der Waals surface area contributed by atoms with Gasteiger partial charge in [-0.2, -0.15) is 0 Å². The number of nitro groups is 1. The SMILES string of the molecule is O=C(c1ccc(Cl)cc1)[C@H]1[C@H](c2ccccc2)[C@@H]1[N+](=O)[O-]. The number of benzene rings is 2. The van der Waals surface area contributed by atoms with Gasteiger partial charge < -0.3 is 0 Å². The van der Waals surface area contributed by atoms with Gasteiger partial charge in [-0.15, -0.1) is 0 Å². The Morgan fingerprint density at radius 1 is 1.05 bits per heavy atom. The van der Waals surface area contributed by atoms with Gasteiger partial charge in [0.2, 0.25) is 6.04 Å². The fourth-order valence-corrected chi connectivity index (χ4v) is 2.89. The van der Waals surface area contributed by atoms with E-state index in [4.69, 9.17) is 11.6 Å². The molecule has 0 N–H and O–H groups in total. The van der Waals surface area contributed by atoms with Gasteiger partial charge in [0, 0.05) is 15.5 Å². The average molecular weight is 302 g/mol. The fraction of sp³-hybridized carbons (Fsp3) is 0.188. The Morgan fingerprint density at radius 3 is 2.24 bits per heavy atom. The van der Waals surface area contributed by atoms with Crippen LogP contribution < -0.4 is 0 Å². The van der Waals surface area contributed by atoms with E-state index in [0.717, 1.165) is 5.56 Å². The second kappa shape index (κ2) is 5.30. The predicted molar refractivity (Wildman–Crippen MR) is 79.2 cm³/mol. The van der Waals surface area contributed by atoms with Crippen LogP contribution in [0, 0.1) is 16.0 Å². The third-order valence-electron chi connectivity index (χ3n) is 3.84. The standard InChI is InChI=1S/C16H12ClNO3/c17-12-8-6-11(7-9-12)16(19)14-13(15(14)18(20)21)10-4-2-1-3-5-10/h1-9,13-15H/t13-,14-,15-/m0/s1. The molecular formula is C16H12ClNO3. The molecule has 106 valence electrons. The Bertz CT molecular complexity index is 684. The highest BCUT2D eigenvalue weighted by atomic mass is 35.5. The first kappa shape index (κ1) is 13.8. The second-order valence-electron chi connectivity index (χ2n) is 5.11. The average Bonchev–Trinajstić information content (AvgIpc) is 3.24. The summed E-state index contributed by atoms with van der Waals surface area (Å²) >= 11 is 5.80. The monoisotopic (exact) mass is 301 g/mol. The van der Waals surface area contributed by atoms with Crippen molar-refractivity contribution in [3.63, 3.8) is 0 Å². The summed E-state index contributed by atoms with van der Waals surface area (Å²) < 4.78 is 0. The van der Waals surface area contributed by atoms with Gasteiger partial charge in [-0.3, -0.25) is 14.9 Å². The summed E-state index contributed by atoms with van der Waals surface area (Å²) in [5.41, 5.74) is 1.31. The molecule has 0 radical (unpaired) electrons. The van der Waals surface area contributed by atoms with Crippen molar-refractivity contribution >= 4 is 17.4 Å². The number of carbonyl (C=O) groups is 1. The van der Waals surface area contributed by atoms with Crippen LogP contribution in [0.1, 0.15) is 21.8 Å². The van der Waals surface area contributed by atoms with Crippen molar-refractivity contribution < 1.29 is 9.72 Å². The molecule has 2 aromatic carbocycles. The normalized spacial score (nSPS) is 23.6. The van der Waals surface area contributed by atoms with Gasteiger partial charge in [-0.25, -0.2) is 0 Å². The Hall–Kier alpha value is -2.20. The van der Waals surface area contributed by atoms with E-state index in [0.29, 0.717) is 10.6 Å². The van der Waals surface area contributed by atoms with E-state index >= 15 is 0 Å². The molecule has 0 aromatic heterocycles. The van der Waals surface area contributed by atoms with Crippen LogP contribution >= 0.6 is 11.6 Å². The summed E-state index contributed by atoms with van der Waals surface area (Å²) in [6, 6.07) is 14.8. The Kier molecular flexibility index (Phi) is 3.47. The van der Waals surface area contributed by atoms with Gasteiger partial charge in [0.15, 0.2) is 5.78 Å². The van der Waals surface area contributed by atoms with Crippen LogP contribution in [0.2, 0.25) is 5.02 Å². The molecule has 21 heavy (non-hydrogen) atoms. The number of rotatable bonds is 4. The van der Waals surface area contributed by atoms with Crippen molar-refractivity contribution in [2.24, 2.45) is 5.92 Å². The molecule has 4 nitrogen and oxygen atoms in total. The van der Waals surface area contributed by atoms with Gasteiger partial charge in [0.05, 0.1) is 5.92 Å². The van der Waals surface area contributed by atoms with Crippen LogP contribution in [-0.4, -0.2) is 16.7 Å². The lowest BCUT2D eigenvalue weighted by atomic mass is 10.0. The van der Waals surface area contributed by atoms with Gasteiger partial charge in [-0.1, -0.05) is 41.9 Å². The van der Waals surface area contributed by atoms with E-state index in [1.54, 1.807) is 24.3 Å². The minimum absolute atomic E-state index is 0.192. The highest BCUT2D eigenvalue weighted by Crippen LogP contribution is 2.51. The second-order valence-corrected chi connectivity index (χ2v) is 5.55. The van der Waals surface area contributed by atoms with Gasteiger partial charge in [0.25, 0.3) is 0 Å². The number of hydrogen-bond donors (Lipinski definition) is 0. The summed E-state index contributed by atoms with van der Waals surface area (Å²) in [4.78, 5) is 23.3. The van der Waals surface area contributed by atoms with Crippen molar-refractivity contribution in [1.29, 1.82) is 0 Å². The predicted octanol–water partition coefficient (Wildman–Crippen LogP) is 3.58. The number of hydrogen-bond acceptors (Lipinski definition) is 3. The fourth-order valence-electron chi connectivity index (χ4n) is 2.76. The lowest BCUT2D eigenvalue weighted by molar-refractivity contribution is -0.498. The lowest BCUT2D eigenvalue weighted by Crippen LogP contribution is -2.10. The quantitative estimate of drug-likeness (QED) is 0.492.